The Morgan fingerprint density at radius 3 is 2.44 bits per heavy atom. The number of imide groups is 1. The summed E-state index contributed by atoms with van der Waals surface area (Å²) in [5.74, 6) is -3.30. The van der Waals surface area contributed by atoms with E-state index in [9.17, 15) is 27.6 Å². The first-order chi connectivity index (χ1) is 18.2. The van der Waals surface area contributed by atoms with Crippen molar-refractivity contribution in [3.8, 4) is 11.5 Å². The van der Waals surface area contributed by atoms with Gasteiger partial charge in [0, 0.05) is 30.6 Å². The molecule has 39 heavy (non-hydrogen) atoms. The molecule has 1 unspecified atom stereocenters. The second kappa shape index (κ2) is 10.7. The van der Waals surface area contributed by atoms with Gasteiger partial charge in [0.25, 0.3) is 0 Å². The third-order valence-electron chi connectivity index (χ3n) is 6.60. The summed E-state index contributed by atoms with van der Waals surface area (Å²) in [7, 11) is 1.43. The zero-order chi connectivity index (χ0) is 28.7. The molecule has 14 heteroatoms. The van der Waals surface area contributed by atoms with Crippen molar-refractivity contribution >= 4 is 40.4 Å². The Morgan fingerprint density at radius 1 is 1.08 bits per heavy atom. The number of hydrogen-bond donors (Lipinski definition) is 0. The Labute approximate surface area is 227 Å². The van der Waals surface area contributed by atoms with E-state index in [0.717, 1.165) is 4.90 Å². The molecule has 1 aliphatic heterocycles. The Hall–Kier alpha value is -3.35. The predicted molar refractivity (Wildman–Crippen MR) is 132 cm³/mol. The zero-order valence-corrected chi connectivity index (χ0v) is 22.5. The van der Waals surface area contributed by atoms with E-state index in [1.54, 1.807) is 32.9 Å². The molecular formula is C25H28ClF3N4O6. The summed E-state index contributed by atoms with van der Waals surface area (Å²) in [4.78, 5) is 48.3. The average molecular weight is 573 g/mol. The van der Waals surface area contributed by atoms with Crippen LogP contribution in [0.25, 0.3) is 10.9 Å². The molecular weight excluding hydrogens is 545 g/mol. The number of benzene rings is 1. The first-order valence-corrected chi connectivity index (χ1v) is 12.6. The van der Waals surface area contributed by atoms with Gasteiger partial charge in [-0.05, 0) is 46.1 Å². The van der Waals surface area contributed by atoms with E-state index >= 15 is 0 Å². The molecule has 0 spiro atoms. The maximum absolute atomic E-state index is 13.6. The number of rotatable bonds is 3. The van der Waals surface area contributed by atoms with Crippen LogP contribution in [0.3, 0.4) is 0 Å². The van der Waals surface area contributed by atoms with Gasteiger partial charge in [0.05, 0.1) is 24.6 Å². The number of methoxy groups -OCH3 is 1. The fourth-order valence-electron chi connectivity index (χ4n) is 4.92. The first-order valence-electron chi connectivity index (χ1n) is 12.3. The van der Waals surface area contributed by atoms with Gasteiger partial charge in [-0.1, -0.05) is 11.6 Å². The summed E-state index contributed by atoms with van der Waals surface area (Å²) in [5.41, 5.74) is -0.434. The van der Waals surface area contributed by atoms with Crippen molar-refractivity contribution in [1.82, 2.24) is 19.8 Å². The van der Waals surface area contributed by atoms with E-state index in [1.165, 1.54) is 13.4 Å². The molecule has 3 atom stereocenters. The number of nitrogens with zero attached hydrogens (tertiary/aromatic N) is 4. The molecule has 3 amide bonds. The van der Waals surface area contributed by atoms with Crippen LogP contribution in [0.5, 0.6) is 11.5 Å². The number of carbonyl (C=O) groups is 3. The van der Waals surface area contributed by atoms with Crippen LogP contribution >= 0.6 is 11.6 Å². The highest BCUT2D eigenvalue weighted by Crippen LogP contribution is 2.39. The smallest absolute Gasteiger partial charge is 0.471 e. The van der Waals surface area contributed by atoms with Crippen LogP contribution in [0.2, 0.25) is 5.15 Å². The molecule has 0 radical (unpaired) electrons. The van der Waals surface area contributed by atoms with Crippen LogP contribution in [0.15, 0.2) is 18.5 Å². The minimum Gasteiger partial charge on any atom is -0.493 e. The summed E-state index contributed by atoms with van der Waals surface area (Å²) in [6.45, 7) is 3.93. The minimum absolute atomic E-state index is 0.0464. The van der Waals surface area contributed by atoms with Crippen LogP contribution in [-0.2, 0) is 14.3 Å². The highest BCUT2D eigenvalue weighted by Gasteiger charge is 2.52. The highest BCUT2D eigenvalue weighted by molar-refractivity contribution is 6.34. The quantitative estimate of drug-likeness (QED) is 0.498. The van der Waals surface area contributed by atoms with E-state index in [0.29, 0.717) is 21.6 Å². The molecule has 10 nitrogen and oxygen atoms in total. The van der Waals surface area contributed by atoms with Crippen molar-refractivity contribution in [3.05, 3.63) is 23.6 Å². The molecule has 2 heterocycles. The van der Waals surface area contributed by atoms with Crippen LogP contribution in [0, 0.1) is 5.92 Å². The lowest BCUT2D eigenvalue weighted by Crippen LogP contribution is -2.53. The first kappa shape index (κ1) is 28.7. The van der Waals surface area contributed by atoms with Gasteiger partial charge in [-0.2, -0.15) is 13.2 Å². The Morgan fingerprint density at radius 2 is 1.79 bits per heavy atom. The van der Waals surface area contributed by atoms with Crippen LogP contribution in [0.1, 0.15) is 40.0 Å². The molecule has 1 saturated heterocycles. The number of alkyl halides is 3. The lowest BCUT2D eigenvalue weighted by atomic mass is 9.81. The van der Waals surface area contributed by atoms with Crippen molar-refractivity contribution in [2.24, 2.45) is 5.92 Å². The molecule has 212 valence electrons. The fraction of sp³-hybridized carbons (Fsp3) is 0.560. The molecule has 2 aliphatic rings. The average Bonchev–Trinajstić information content (AvgIpc) is 2.98. The molecule has 4 rings (SSSR count). The summed E-state index contributed by atoms with van der Waals surface area (Å²) < 4.78 is 57.3. The summed E-state index contributed by atoms with van der Waals surface area (Å²) in [6.07, 6.45) is -5.23. The van der Waals surface area contributed by atoms with Gasteiger partial charge in [0.15, 0.2) is 11.5 Å². The van der Waals surface area contributed by atoms with Gasteiger partial charge in [0.1, 0.15) is 17.1 Å². The topological polar surface area (TPSA) is 111 Å². The lowest BCUT2D eigenvalue weighted by Gasteiger charge is -2.40. The summed E-state index contributed by atoms with van der Waals surface area (Å²) in [5, 5.41) is 0.678. The number of carbonyl (C=O) groups excluding carboxylic acids is 3. The Kier molecular flexibility index (Phi) is 7.84. The van der Waals surface area contributed by atoms with Gasteiger partial charge in [0.2, 0.25) is 5.91 Å². The van der Waals surface area contributed by atoms with Crippen molar-refractivity contribution in [1.29, 1.82) is 0 Å². The number of amides is 3. The number of hydrogen-bond acceptors (Lipinski definition) is 8. The lowest BCUT2D eigenvalue weighted by molar-refractivity contribution is -0.189. The van der Waals surface area contributed by atoms with Gasteiger partial charge >= 0.3 is 18.2 Å². The SMILES string of the molecule is COc1cc2ncnc(Cl)c2cc1O[C@H]1CC[C@H]2C(C1)C(=O)N(C(=O)OC(C)(C)C)CCN2C(=O)C(F)(F)F. The third kappa shape index (κ3) is 6.13. The molecule has 0 N–H and O–H groups in total. The summed E-state index contributed by atoms with van der Waals surface area (Å²) >= 11 is 6.20. The van der Waals surface area contributed by atoms with Crippen molar-refractivity contribution in [2.45, 2.75) is 64.0 Å². The van der Waals surface area contributed by atoms with E-state index in [1.807, 2.05) is 0 Å². The van der Waals surface area contributed by atoms with E-state index < -0.39 is 60.8 Å². The van der Waals surface area contributed by atoms with Crippen LogP contribution < -0.4 is 9.47 Å². The predicted octanol–water partition coefficient (Wildman–Crippen LogP) is 4.38. The fourth-order valence-corrected chi connectivity index (χ4v) is 5.12. The van der Waals surface area contributed by atoms with E-state index in [-0.39, 0.29) is 30.2 Å². The molecule has 1 aliphatic carbocycles. The van der Waals surface area contributed by atoms with Crippen LogP contribution in [0.4, 0.5) is 18.0 Å². The second-order valence-electron chi connectivity index (χ2n) is 10.4. The Bertz CT molecular complexity index is 1280. The van der Waals surface area contributed by atoms with E-state index in [4.69, 9.17) is 25.8 Å². The standard InChI is InChI=1S/C25H28ClF3N4O6/c1-24(2,3)39-23(36)33-8-7-32(22(35)25(27,28)29)17-6-5-13(9-15(17)21(33)34)38-19-10-14-16(11-18(19)37-4)30-12-31-20(14)26/h10-13,15,17H,5-9H2,1-4H3/t13-,15?,17-/m0/s1. The number of fused-ring (bicyclic) bond motifs is 2. The molecule has 1 aromatic heterocycles. The molecule has 0 bridgehead atoms. The largest absolute Gasteiger partial charge is 0.493 e. The number of aromatic nitrogens is 2. The highest BCUT2D eigenvalue weighted by atomic mass is 35.5. The normalized spacial score (nSPS) is 22.3. The number of ether oxygens (including phenoxy) is 3. The zero-order valence-electron chi connectivity index (χ0n) is 21.7. The van der Waals surface area contributed by atoms with Crippen molar-refractivity contribution in [2.75, 3.05) is 20.2 Å². The van der Waals surface area contributed by atoms with Crippen molar-refractivity contribution in [3.63, 3.8) is 0 Å². The molecule has 1 aromatic carbocycles. The minimum atomic E-state index is -5.14. The van der Waals surface area contributed by atoms with Gasteiger partial charge in [-0.25, -0.2) is 19.7 Å². The van der Waals surface area contributed by atoms with Gasteiger partial charge < -0.3 is 19.1 Å². The van der Waals surface area contributed by atoms with Gasteiger partial charge in [-0.15, -0.1) is 0 Å². The monoisotopic (exact) mass is 572 g/mol. The summed E-state index contributed by atoms with van der Waals surface area (Å²) in [6, 6.07) is 2.12. The van der Waals surface area contributed by atoms with Crippen LogP contribution in [-0.4, -0.2) is 81.8 Å². The Balaban J connectivity index is 1.65. The molecule has 1 saturated carbocycles. The molecule has 2 aromatic rings. The van der Waals surface area contributed by atoms with Gasteiger partial charge in [-0.3, -0.25) is 9.59 Å². The molecule has 2 fully saturated rings. The maximum Gasteiger partial charge on any atom is 0.471 e. The second-order valence-corrected chi connectivity index (χ2v) is 10.7. The number of halogens is 4. The third-order valence-corrected chi connectivity index (χ3v) is 6.90. The maximum atomic E-state index is 13.6. The van der Waals surface area contributed by atoms with E-state index in [2.05, 4.69) is 9.97 Å². The van der Waals surface area contributed by atoms with Crippen molar-refractivity contribution < 1.29 is 41.8 Å².